The number of piperidine rings is 1. The number of hydrogen-bond acceptors (Lipinski definition) is 5. The van der Waals surface area contributed by atoms with Crippen molar-refractivity contribution >= 4 is 27.5 Å². The number of fused-ring (bicyclic) bond motifs is 1. The van der Waals surface area contributed by atoms with Gasteiger partial charge in [-0.1, -0.05) is 30.7 Å². The second-order valence-electron chi connectivity index (χ2n) is 7.73. The number of rotatable bonds is 5. The number of amides is 1. The Balaban J connectivity index is 1.40. The molecule has 1 saturated heterocycles. The second kappa shape index (κ2) is 8.47. The summed E-state index contributed by atoms with van der Waals surface area (Å²) in [5.74, 6) is -0.162. The summed E-state index contributed by atoms with van der Waals surface area (Å²) in [6.07, 6.45) is 5.43. The van der Waals surface area contributed by atoms with Gasteiger partial charge in [0.05, 0.1) is 16.6 Å². The fraction of sp³-hybridized carbons (Fsp3) is 0.409. The van der Waals surface area contributed by atoms with Crippen molar-refractivity contribution in [3.8, 4) is 0 Å². The fourth-order valence-electron chi connectivity index (χ4n) is 3.83. The molecule has 1 fully saturated rings. The lowest BCUT2D eigenvalue weighted by Crippen LogP contribution is -2.29. The summed E-state index contributed by atoms with van der Waals surface area (Å²) in [6.45, 7) is 5.64. The molecule has 7 heteroatoms. The van der Waals surface area contributed by atoms with E-state index in [0.717, 1.165) is 12.1 Å². The number of nitrogens with one attached hydrogen (secondary N) is 1. The zero-order valence-electron chi connectivity index (χ0n) is 16.9. The van der Waals surface area contributed by atoms with E-state index in [-0.39, 0.29) is 11.5 Å². The van der Waals surface area contributed by atoms with Crippen molar-refractivity contribution in [3.63, 3.8) is 0 Å². The highest BCUT2D eigenvalue weighted by Crippen LogP contribution is 2.26. The van der Waals surface area contributed by atoms with Gasteiger partial charge in [0.15, 0.2) is 0 Å². The largest absolute Gasteiger partial charge is 0.347 e. The second-order valence-corrected chi connectivity index (χ2v) is 8.73. The van der Waals surface area contributed by atoms with Crippen molar-refractivity contribution in [2.24, 2.45) is 7.05 Å². The minimum atomic E-state index is -0.162. The van der Waals surface area contributed by atoms with E-state index in [2.05, 4.69) is 39.5 Å². The Morgan fingerprint density at radius 1 is 1.14 bits per heavy atom. The van der Waals surface area contributed by atoms with Crippen LogP contribution in [0.15, 0.2) is 35.4 Å². The number of aryl methyl sites for hydroxylation is 2. The maximum Gasteiger partial charge on any atom is 0.262 e. The van der Waals surface area contributed by atoms with Crippen LogP contribution in [0.25, 0.3) is 10.2 Å². The molecule has 0 radical (unpaired) electrons. The van der Waals surface area contributed by atoms with E-state index in [1.54, 1.807) is 7.05 Å². The van der Waals surface area contributed by atoms with Crippen LogP contribution in [0.4, 0.5) is 0 Å². The highest BCUT2D eigenvalue weighted by molar-refractivity contribution is 7.20. The third-order valence-corrected chi connectivity index (χ3v) is 6.75. The Kier molecular flexibility index (Phi) is 5.78. The molecule has 0 unspecified atom stereocenters. The Labute approximate surface area is 174 Å². The van der Waals surface area contributed by atoms with E-state index in [1.165, 1.54) is 60.1 Å². The van der Waals surface area contributed by atoms with Gasteiger partial charge in [0.1, 0.15) is 4.83 Å². The first kappa shape index (κ1) is 19.8. The number of benzene rings is 1. The maximum absolute atomic E-state index is 12.7. The minimum absolute atomic E-state index is 0.118. The molecule has 3 aromatic rings. The molecule has 4 rings (SSSR count). The maximum atomic E-state index is 12.7. The summed E-state index contributed by atoms with van der Waals surface area (Å²) in [7, 11) is 1.67. The molecule has 0 bridgehead atoms. The Bertz CT molecular complexity index is 1080. The quantitative estimate of drug-likeness (QED) is 0.701. The van der Waals surface area contributed by atoms with Crippen LogP contribution in [0.2, 0.25) is 0 Å². The SMILES string of the molecule is Cc1c(C(=O)NCc2ccc(CN3CCCCC3)cc2)sc2ncn(C)c(=O)c12. The summed E-state index contributed by atoms with van der Waals surface area (Å²) in [5.41, 5.74) is 2.96. The molecule has 0 saturated carbocycles. The number of carbonyl (C=O) groups is 1. The minimum Gasteiger partial charge on any atom is -0.347 e. The molecule has 0 atom stereocenters. The molecular weight excluding hydrogens is 384 g/mol. The van der Waals surface area contributed by atoms with Crippen LogP contribution in [-0.4, -0.2) is 33.4 Å². The Hall–Kier alpha value is -2.51. The zero-order valence-corrected chi connectivity index (χ0v) is 17.7. The Morgan fingerprint density at radius 2 is 1.83 bits per heavy atom. The molecule has 1 aromatic carbocycles. The highest BCUT2D eigenvalue weighted by atomic mass is 32.1. The van der Waals surface area contributed by atoms with Crippen molar-refractivity contribution in [2.75, 3.05) is 13.1 Å². The lowest BCUT2D eigenvalue weighted by molar-refractivity contribution is 0.0954. The Morgan fingerprint density at radius 3 is 2.55 bits per heavy atom. The molecule has 6 nitrogen and oxygen atoms in total. The van der Waals surface area contributed by atoms with E-state index >= 15 is 0 Å². The van der Waals surface area contributed by atoms with E-state index in [4.69, 9.17) is 0 Å². The van der Waals surface area contributed by atoms with Crippen LogP contribution in [0.3, 0.4) is 0 Å². The number of likely N-dealkylation sites (tertiary alicyclic amines) is 1. The van der Waals surface area contributed by atoms with Crippen molar-refractivity contribution in [3.05, 3.63) is 62.5 Å². The van der Waals surface area contributed by atoms with Crippen molar-refractivity contribution in [1.29, 1.82) is 0 Å². The number of hydrogen-bond donors (Lipinski definition) is 1. The van der Waals surface area contributed by atoms with Crippen LogP contribution in [-0.2, 0) is 20.1 Å². The number of nitrogens with zero attached hydrogens (tertiary/aromatic N) is 3. The van der Waals surface area contributed by atoms with Crippen LogP contribution < -0.4 is 10.9 Å². The normalized spacial score (nSPS) is 15.0. The van der Waals surface area contributed by atoms with Gasteiger partial charge in [-0.3, -0.25) is 14.5 Å². The van der Waals surface area contributed by atoms with Crippen molar-refractivity contribution in [1.82, 2.24) is 19.8 Å². The van der Waals surface area contributed by atoms with Gasteiger partial charge in [-0.05, 0) is 49.5 Å². The average Bonchev–Trinajstić information content (AvgIpc) is 3.08. The zero-order chi connectivity index (χ0) is 20.4. The third kappa shape index (κ3) is 4.26. The standard InChI is InChI=1S/C22H26N4O2S/c1-15-18-21(24-14-25(2)22(18)28)29-19(15)20(27)23-12-16-6-8-17(9-7-16)13-26-10-4-3-5-11-26/h6-9,14H,3-5,10-13H2,1-2H3,(H,23,27). The first-order chi connectivity index (χ1) is 14.0. The van der Waals surface area contributed by atoms with Crippen LogP contribution in [0.5, 0.6) is 0 Å². The van der Waals surface area contributed by atoms with Gasteiger partial charge in [-0.15, -0.1) is 11.3 Å². The van der Waals surface area contributed by atoms with Gasteiger partial charge in [0.2, 0.25) is 0 Å². The van der Waals surface area contributed by atoms with Crippen molar-refractivity contribution < 1.29 is 4.79 Å². The molecule has 3 heterocycles. The predicted octanol–water partition coefficient (Wildman–Crippen LogP) is 3.22. The van der Waals surface area contributed by atoms with Crippen molar-refractivity contribution in [2.45, 2.75) is 39.3 Å². The lowest BCUT2D eigenvalue weighted by Gasteiger charge is -2.26. The van der Waals surface area contributed by atoms with Gasteiger partial charge in [-0.25, -0.2) is 4.98 Å². The van der Waals surface area contributed by atoms with E-state index in [9.17, 15) is 9.59 Å². The smallest absolute Gasteiger partial charge is 0.262 e. The number of aromatic nitrogens is 2. The van der Waals surface area contributed by atoms with Gasteiger partial charge in [0.25, 0.3) is 11.5 Å². The van der Waals surface area contributed by atoms with Crippen LogP contribution in [0, 0.1) is 6.92 Å². The summed E-state index contributed by atoms with van der Waals surface area (Å²) < 4.78 is 1.44. The summed E-state index contributed by atoms with van der Waals surface area (Å²) in [6, 6.07) is 8.45. The number of thiophene rings is 1. The monoisotopic (exact) mass is 410 g/mol. The van der Waals surface area contributed by atoms with E-state index in [1.807, 2.05) is 6.92 Å². The summed E-state index contributed by atoms with van der Waals surface area (Å²) in [5, 5.41) is 3.51. The number of carbonyl (C=O) groups excluding carboxylic acids is 1. The first-order valence-electron chi connectivity index (χ1n) is 10.1. The molecule has 0 spiro atoms. The molecule has 2 aromatic heterocycles. The molecule has 1 aliphatic rings. The van der Waals surface area contributed by atoms with Gasteiger partial charge < -0.3 is 9.88 Å². The van der Waals surface area contributed by atoms with Crippen LogP contribution >= 0.6 is 11.3 Å². The molecule has 0 aliphatic carbocycles. The first-order valence-corrected chi connectivity index (χ1v) is 10.9. The molecule has 1 amide bonds. The van der Waals surface area contributed by atoms with Gasteiger partial charge >= 0.3 is 0 Å². The molecule has 29 heavy (non-hydrogen) atoms. The predicted molar refractivity (Wildman–Crippen MR) is 116 cm³/mol. The average molecular weight is 411 g/mol. The van der Waals surface area contributed by atoms with E-state index in [0.29, 0.717) is 27.2 Å². The highest BCUT2D eigenvalue weighted by Gasteiger charge is 2.19. The molecule has 152 valence electrons. The van der Waals surface area contributed by atoms with Gasteiger partial charge in [-0.2, -0.15) is 0 Å². The topological polar surface area (TPSA) is 67.2 Å². The molecule has 1 N–H and O–H groups in total. The summed E-state index contributed by atoms with van der Waals surface area (Å²) in [4.78, 5) is 33.0. The van der Waals surface area contributed by atoms with Gasteiger partial charge in [0, 0.05) is 20.1 Å². The lowest BCUT2D eigenvalue weighted by atomic mass is 10.1. The summed E-state index contributed by atoms with van der Waals surface area (Å²) >= 11 is 1.27. The fourth-order valence-corrected chi connectivity index (χ4v) is 4.88. The van der Waals surface area contributed by atoms with E-state index < -0.39 is 0 Å². The third-order valence-electron chi connectivity index (χ3n) is 5.55. The molecule has 1 aliphatic heterocycles. The molecular formula is C22H26N4O2S. The van der Waals surface area contributed by atoms with Crippen LogP contribution in [0.1, 0.15) is 45.6 Å².